The van der Waals surface area contributed by atoms with E-state index in [0.29, 0.717) is 11.3 Å². The highest BCUT2D eigenvalue weighted by Crippen LogP contribution is 2.11. The van der Waals surface area contributed by atoms with Gasteiger partial charge in [0.1, 0.15) is 5.75 Å². The second-order valence-electron chi connectivity index (χ2n) is 3.92. The third-order valence-electron chi connectivity index (χ3n) is 2.53. The van der Waals surface area contributed by atoms with Crippen molar-refractivity contribution in [3.8, 4) is 5.75 Å². The number of nitrogens with one attached hydrogen (secondary N) is 1. The van der Waals surface area contributed by atoms with Crippen LogP contribution < -0.4 is 5.43 Å². The number of aromatic nitrogens is 1. The molecule has 2 rings (SSSR count). The largest absolute Gasteiger partial charge is 0.508 e. The molecule has 19 heavy (non-hydrogen) atoms. The van der Waals surface area contributed by atoms with E-state index in [1.165, 1.54) is 0 Å². The summed E-state index contributed by atoms with van der Waals surface area (Å²) in [6.45, 7) is 1.75. The number of aromatic hydroxyl groups is 1. The van der Waals surface area contributed by atoms with Gasteiger partial charge in [0, 0.05) is 23.5 Å². The number of hydrogen-bond acceptors (Lipinski definition) is 4. The maximum Gasteiger partial charge on any atom is 0.271 e. The Kier molecular flexibility index (Phi) is 3.87. The fourth-order valence-corrected chi connectivity index (χ4v) is 1.50. The maximum atomic E-state index is 11.8. The summed E-state index contributed by atoms with van der Waals surface area (Å²) in [6.07, 6.45) is 3.08. The molecule has 0 aliphatic heterocycles. The zero-order valence-corrected chi connectivity index (χ0v) is 10.4. The van der Waals surface area contributed by atoms with E-state index in [1.54, 1.807) is 55.7 Å². The zero-order valence-electron chi connectivity index (χ0n) is 10.4. The number of carbonyl (C=O) groups excluding carboxylic acids is 1. The number of phenols is 1. The molecule has 2 aromatic rings. The normalized spacial score (nSPS) is 11.1. The van der Waals surface area contributed by atoms with Gasteiger partial charge in [-0.3, -0.25) is 9.78 Å². The number of phenolic OH excluding ortho intramolecular Hbond substituents is 1. The van der Waals surface area contributed by atoms with E-state index >= 15 is 0 Å². The van der Waals surface area contributed by atoms with Gasteiger partial charge in [0.2, 0.25) is 0 Å². The lowest BCUT2D eigenvalue weighted by atomic mass is 10.1. The Bertz CT molecular complexity index is 609. The molecule has 0 saturated carbocycles. The third-order valence-corrected chi connectivity index (χ3v) is 2.53. The second kappa shape index (κ2) is 5.77. The molecule has 1 aromatic carbocycles. The van der Waals surface area contributed by atoms with Crippen molar-refractivity contribution in [1.82, 2.24) is 10.4 Å². The predicted molar refractivity (Wildman–Crippen MR) is 72.0 cm³/mol. The standard InChI is InChI=1S/C14H13N3O2/c1-10(12-3-2-4-13(18)9-12)16-17-14(19)11-5-7-15-8-6-11/h2-9,18H,1H3,(H,17,19)/b16-10+. The number of carbonyl (C=O) groups is 1. The van der Waals surface area contributed by atoms with Gasteiger partial charge >= 0.3 is 0 Å². The summed E-state index contributed by atoms with van der Waals surface area (Å²) in [5, 5.41) is 13.4. The smallest absolute Gasteiger partial charge is 0.271 e. The van der Waals surface area contributed by atoms with E-state index in [2.05, 4.69) is 15.5 Å². The molecule has 5 nitrogen and oxygen atoms in total. The summed E-state index contributed by atoms with van der Waals surface area (Å²) in [5.41, 5.74) is 4.30. The first-order valence-electron chi connectivity index (χ1n) is 5.71. The van der Waals surface area contributed by atoms with E-state index in [1.807, 2.05) is 0 Å². The highest BCUT2D eigenvalue weighted by Gasteiger charge is 2.04. The monoisotopic (exact) mass is 255 g/mol. The van der Waals surface area contributed by atoms with Gasteiger partial charge in [-0.15, -0.1) is 0 Å². The number of rotatable bonds is 3. The Hall–Kier alpha value is -2.69. The summed E-state index contributed by atoms with van der Waals surface area (Å²) in [7, 11) is 0. The molecule has 0 atom stereocenters. The van der Waals surface area contributed by atoms with Crippen molar-refractivity contribution < 1.29 is 9.90 Å². The summed E-state index contributed by atoms with van der Waals surface area (Å²) in [4.78, 5) is 15.6. The zero-order chi connectivity index (χ0) is 13.7. The molecule has 0 radical (unpaired) electrons. The van der Waals surface area contributed by atoms with Crippen molar-refractivity contribution in [2.45, 2.75) is 6.92 Å². The molecule has 5 heteroatoms. The number of amides is 1. The van der Waals surface area contributed by atoms with E-state index in [4.69, 9.17) is 0 Å². The van der Waals surface area contributed by atoms with Gasteiger partial charge in [-0.2, -0.15) is 5.10 Å². The SMILES string of the molecule is C/C(=N\NC(=O)c1ccncc1)c1cccc(O)c1. The lowest BCUT2D eigenvalue weighted by Gasteiger charge is -2.03. The van der Waals surface area contributed by atoms with Crippen LogP contribution in [-0.4, -0.2) is 21.7 Å². The van der Waals surface area contributed by atoms with E-state index < -0.39 is 0 Å². The van der Waals surface area contributed by atoms with Crippen molar-refractivity contribution in [2.24, 2.45) is 5.10 Å². The molecule has 0 saturated heterocycles. The van der Waals surface area contributed by atoms with Gasteiger partial charge in [-0.1, -0.05) is 12.1 Å². The number of nitrogens with zero attached hydrogens (tertiary/aromatic N) is 2. The Morgan fingerprint density at radius 3 is 2.63 bits per heavy atom. The van der Waals surface area contributed by atoms with Gasteiger partial charge in [-0.25, -0.2) is 5.43 Å². The summed E-state index contributed by atoms with van der Waals surface area (Å²) >= 11 is 0. The van der Waals surface area contributed by atoms with Gasteiger partial charge < -0.3 is 5.11 Å². The Morgan fingerprint density at radius 1 is 1.21 bits per heavy atom. The van der Waals surface area contributed by atoms with Crippen LogP contribution in [0, 0.1) is 0 Å². The molecule has 0 spiro atoms. The van der Waals surface area contributed by atoms with Gasteiger partial charge in [0.15, 0.2) is 0 Å². The highest BCUT2D eigenvalue weighted by atomic mass is 16.3. The van der Waals surface area contributed by atoms with Crippen LogP contribution in [0.25, 0.3) is 0 Å². The lowest BCUT2D eigenvalue weighted by molar-refractivity contribution is 0.0954. The number of hydrogen-bond donors (Lipinski definition) is 2. The molecule has 0 unspecified atom stereocenters. The van der Waals surface area contributed by atoms with Gasteiger partial charge in [0.05, 0.1) is 5.71 Å². The van der Waals surface area contributed by atoms with E-state index in [9.17, 15) is 9.90 Å². The van der Waals surface area contributed by atoms with Crippen LogP contribution in [0.2, 0.25) is 0 Å². The summed E-state index contributed by atoms with van der Waals surface area (Å²) in [5.74, 6) is -0.144. The predicted octanol–water partition coefficient (Wildman–Crippen LogP) is 1.94. The van der Waals surface area contributed by atoms with Crippen LogP contribution in [0.4, 0.5) is 0 Å². The molecule has 0 aliphatic carbocycles. The molecule has 0 bridgehead atoms. The first-order valence-corrected chi connectivity index (χ1v) is 5.71. The Morgan fingerprint density at radius 2 is 1.95 bits per heavy atom. The van der Waals surface area contributed by atoms with Crippen molar-refractivity contribution >= 4 is 11.6 Å². The quantitative estimate of drug-likeness (QED) is 0.650. The van der Waals surface area contributed by atoms with Crippen molar-refractivity contribution in [2.75, 3.05) is 0 Å². The molecule has 0 fully saturated rings. The molecule has 1 heterocycles. The topological polar surface area (TPSA) is 74.6 Å². The minimum Gasteiger partial charge on any atom is -0.508 e. The average molecular weight is 255 g/mol. The van der Waals surface area contributed by atoms with Crippen LogP contribution in [0.5, 0.6) is 5.75 Å². The van der Waals surface area contributed by atoms with Crippen molar-refractivity contribution in [3.63, 3.8) is 0 Å². The van der Waals surface area contributed by atoms with E-state index in [-0.39, 0.29) is 11.7 Å². The minimum absolute atomic E-state index is 0.160. The molecule has 96 valence electrons. The number of pyridine rings is 1. The minimum atomic E-state index is -0.304. The van der Waals surface area contributed by atoms with Gasteiger partial charge in [0.25, 0.3) is 5.91 Å². The fourth-order valence-electron chi connectivity index (χ4n) is 1.50. The van der Waals surface area contributed by atoms with Crippen molar-refractivity contribution in [3.05, 3.63) is 59.9 Å². The molecular formula is C14H13N3O2. The van der Waals surface area contributed by atoms with Crippen LogP contribution in [0.1, 0.15) is 22.8 Å². The maximum absolute atomic E-state index is 11.8. The van der Waals surface area contributed by atoms with Crippen LogP contribution in [0.15, 0.2) is 53.9 Å². The first-order chi connectivity index (χ1) is 9.16. The van der Waals surface area contributed by atoms with Crippen LogP contribution >= 0.6 is 0 Å². The van der Waals surface area contributed by atoms with Gasteiger partial charge in [-0.05, 0) is 31.2 Å². The van der Waals surface area contributed by atoms with Crippen molar-refractivity contribution in [1.29, 1.82) is 0 Å². The molecule has 1 aromatic heterocycles. The summed E-state index contributed by atoms with van der Waals surface area (Å²) < 4.78 is 0. The number of hydrazone groups is 1. The van der Waals surface area contributed by atoms with E-state index in [0.717, 1.165) is 5.56 Å². The second-order valence-corrected chi connectivity index (χ2v) is 3.92. The Labute approximate surface area is 110 Å². The Balaban J connectivity index is 2.09. The molecular weight excluding hydrogens is 242 g/mol. The molecule has 0 aliphatic rings. The highest BCUT2D eigenvalue weighted by molar-refractivity contribution is 6.01. The fraction of sp³-hybridized carbons (Fsp3) is 0.0714. The molecule has 1 amide bonds. The number of benzene rings is 1. The third kappa shape index (κ3) is 3.38. The summed E-state index contributed by atoms with van der Waals surface area (Å²) in [6, 6.07) is 9.89. The van der Waals surface area contributed by atoms with Crippen LogP contribution in [-0.2, 0) is 0 Å². The lowest BCUT2D eigenvalue weighted by Crippen LogP contribution is -2.19. The average Bonchev–Trinajstić information content (AvgIpc) is 2.45. The first kappa shape index (κ1) is 12.8. The van der Waals surface area contributed by atoms with Crippen LogP contribution in [0.3, 0.4) is 0 Å². The molecule has 2 N–H and O–H groups in total.